The lowest BCUT2D eigenvalue weighted by molar-refractivity contribution is -0.154. The Kier molecular flexibility index (Phi) is 8.21. The molecule has 0 aromatic carbocycles. The minimum absolute atomic E-state index is 0.0679. The number of carbonyl (C=O) groups is 2. The molecule has 0 saturated heterocycles. The Hall–Kier alpha value is -1.32. The molecule has 0 bridgehead atoms. The van der Waals surface area contributed by atoms with Crippen LogP contribution in [0.3, 0.4) is 0 Å². The van der Waals surface area contributed by atoms with Gasteiger partial charge in [0.2, 0.25) is 0 Å². The van der Waals surface area contributed by atoms with Crippen LogP contribution in [0.2, 0.25) is 0 Å². The summed E-state index contributed by atoms with van der Waals surface area (Å²) in [5.41, 5.74) is 0. The van der Waals surface area contributed by atoms with Gasteiger partial charge in [-0.15, -0.1) is 0 Å². The van der Waals surface area contributed by atoms with Gasteiger partial charge >= 0.3 is 11.9 Å². The first kappa shape index (κ1) is 14.7. The van der Waals surface area contributed by atoms with Gasteiger partial charge in [0.1, 0.15) is 0 Å². The molecule has 2 N–H and O–H groups in total. The number of hydrogen-bond acceptors (Lipinski definition) is 2. The van der Waals surface area contributed by atoms with Gasteiger partial charge in [-0.2, -0.15) is 0 Å². The average Bonchev–Trinajstić information content (AvgIpc) is 2.21. The molecule has 0 atom stereocenters. The summed E-state index contributed by atoms with van der Waals surface area (Å²) in [6.45, 7) is 2.14. The summed E-state index contributed by atoms with van der Waals surface area (Å²) in [4.78, 5) is 21.1. The zero-order chi connectivity index (χ0) is 12.4. The van der Waals surface area contributed by atoms with E-state index >= 15 is 0 Å². The Labute approximate surface area is 96.0 Å². The fourth-order valence-corrected chi connectivity index (χ4v) is 1.35. The molecule has 0 aliphatic rings. The minimum atomic E-state index is -1.31. The second-order valence-corrected chi connectivity index (χ2v) is 3.79. The van der Waals surface area contributed by atoms with Crippen LogP contribution in [0.1, 0.15) is 45.4 Å². The molecule has 0 saturated carbocycles. The number of aliphatic carboxylic acids is 2. The van der Waals surface area contributed by atoms with Gasteiger partial charge in [0.05, 0.1) is 0 Å². The first-order valence-electron chi connectivity index (χ1n) is 5.70. The van der Waals surface area contributed by atoms with Crippen LogP contribution in [0.5, 0.6) is 0 Å². The fraction of sp³-hybridized carbons (Fsp3) is 0.667. The van der Waals surface area contributed by atoms with E-state index in [9.17, 15) is 9.59 Å². The maximum absolute atomic E-state index is 10.5. The highest BCUT2D eigenvalue weighted by molar-refractivity contribution is 5.92. The number of carboxylic acids is 2. The van der Waals surface area contributed by atoms with Crippen LogP contribution in [0, 0.1) is 5.92 Å². The van der Waals surface area contributed by atoms with Gasteiger partial charge in [-0.3, -0.25) is 9.59 Å². The molecule has 0 spiro atoms. The summed E-state index contributed by atoms with van der Waals surface area (Å²) in [5.74, 6) is -3.86. The van der Waals surface area contributed by atoms with E-state index in [1.54, 1.807) is 6.08 Å². The van der Waals surface area contributed by atoms with Gasteiger partial charge in [0.25, 0.3) is 0 Å². The predicted octanol–water partition coefficient (Wildman–Crippen LogP) is 2.69. The maximum atomic E-state index is 10.5. The molecule has 4 heteroatoms. The minimum Gasteiger partial charge on any atom is -0.481 e. The summed E-state index contributed by atoms with van der Waals surface area (Å²) in [5, 5.41) is 17.2. The molecule has 0 heterocycles. The van der Waals surface area contributed by atoms with Crippen LogP contribution < -0.4 is 0 Å². The number of carboxylic acid groups (broad SMARTS) is 2. The summed E-state index contributed by atoms with van der Waals surface area (Å²) >= 11 is 0. The Balaban J connectivity index is 3.71. The Morgan fingerprint density at radius 1 is 1.06 bits per heavy atom. The number of hydrogen-bond donors (Lipinski definition) is 2. The van der Waals surface area contributed by atoms with Crippen molar-refractivity contribution in [3.63, 3.8) is 0 Å². The molecule has 0 aliphatic carbocycles. The van der Waals surface area contributed by atoms with E-state index in [-0.39, 0.29) is 6.42 Å². The van der Waals surface area contributed by atoms with E-state index in [0.717, 1.165) is 12.8 Å². The predicted molar refractivity (Wildman–Crippen MR) is 61.3 cm³/mol. The third-order valence-corrected chi connectivity index (χ3v) is 2.36. The van der Waals surface area contributed by atoms with Gasteiger partial charge in [-0.1, -0.05) is 38.3 Å². The van der Waals surface area contributed by atoms with Gasteiger partial charge in [-0.05, 0) is 19.3 Å². The molecule has 0 aliphatic heterocycles. The maximum Gasteiger partial charge on any atom is 0.318 e. The summed E-state index contributed by atoms with van der Waals surface area (Å²) in [6.07, 6.45) is 9.12. The van der Waals surface area contributed by atoms with Crippen molar-refractivity contribution in [2.45, 2.75) is 45.4 Å². The Morgan fingerprint density at radius 3 is 2.19 bits per heavy atom. The molecule has 92 valence electrons. The van der Waals surface area contributed by atoms with Crippen molar-refractivity contribution in [2.24, 2.45) is 5.92 Å². The average molecular weight is 228 g/mol. The van der Waals surface area contributed by atoms with Crippen molar-refractivity contribution < 1.29 is 19.8 Å². The van der Waals surface area contributed by atoms with Gasteiger partial charge in [0, 0.05) is 0 Å². The van der Waals surface area contributed by atoms with Crippen molar-refractivity contribution >= 4 is 11.9 Å². The molecule has 0 radical (unpaired) electrons. The van der Waals surface area contributed by atoms with Crippen LogP contribution >= 0.6 is 0 Å². The van der Waals surface area contributed by atoms with Crippen molar-refractivity contribution in [2.75, 3.05) is 0 Å². The molecule has 4 nitrogen and oxygen atoms in total. The standard InChI is InChI=1S/C12H20O4/c1-2-3-4-5-6-7-8-9-10(11(13)14)12(15)16/h7-8,10H,2-6,9H2,1H3,(H,13,14)(H,15,16)/b8-7-. The smallest absolute Gasteiger partial charge is 0.318 e. The molecular formula is C12H20O4. The first-order valence-corrected chi connectivity index (χ1v) is 5.70. The second-order valence-electron chi connectivity index (χ2n) is 3.79. The molecule has 0 unspecified atom stereocenters. The third kappa shape index (κ3) is 7.04. The third-order valence-electron chi connectivity index (χ3n) is 2.36. The molecule has 0 fully saturated rings. The molecule has 0 amide bonds. The quantitative estimate of drug-likeness (QED) is 0.361. The largest absolute Gasteiger partial charge is 0.481 e. The highest BCUT2D eigenvalue weighted by Gasteiger charge is 2.23. The summed E-state index contributed by atoms with van der Waals surface area (Å²) < 4.78 is 0. The Morgan fingerprint density at radius 2 is 1.69 bits per heavy atom. The lowest BCUT2D eigenvalue weighted by Gasteiger charge is -2.02. The normalized spacial score (nSPS) is 11.1. The summed E-state index contributed by atoms with van der Waals surface area (Å²) in [7, 11) is 0. The van der Waals surface area contributed by atoms with Crippen LogP contribution in [0.25, 0.3) is 0 Å². The molecule has 16 heavy (non-hydrogen) atoms. The highest BCUT2D eigenvalue weighted by atomic mass is 16.4. The van der Waals surface area contributed by atoms with Gasteiger partial charge in [0.15, 0.2) is 5.92 Å². The molecule has 0 aromatic rings. The number of allylic oxidation sites excluding steroid dienone is 2. The van der Waals surface area contributed by atoms with Crippen LogP contribution in [0.15, 0.2) is 12.2 Å². The number of rotatable bonds is 9. The van der Waals surface area contributed by atoms with E-state index in [2.05, 4.69) is 6.92 Å². The lowest BCUT2D eigenvalue weighted by atomic mass is 10.1. The Bertz CT molecular complexity index is 231. The van der Waals surface area contributed by atoms with E-state index in [1.807, 2.05) is 6.08 Å². The fourth-order valence-electron chi connectivity index (χ4n) is 1.35. The first-order chi connectivity index (χ1) is 7.59. The lowest BCUT2D eigenvalue weighted by Crippen LogP contribution is -2.22. The van der Waals surface area contributed by atoms with E-state index in [4.69, 9.17) is 10.2 Å². The van der Waals surface area contributed by atoms with Crippen molar-refractivity contribution in [3.05, 3.63) is 12.2 Å². The molecule has 0 rings (SSSR count). The van der Waals surface area contributed by atoms with Crippen LogP contribution in [0.4, 0.5) is 0 Å². The van der Waals surface area contributed by atoms with Crippen molar-refractivity contribution in [1.82, 2.24) is 0 Å². The summed E-state index contributed by atoms with van der Waals surface area (Å²) in [6, 6.07) is 0. The number of unbranched alkanes of at least 4 members (excludes halogenated alkanes) is 4. The SMILES string of the molecule is CCCCCC/C=C\CC(C(=O)O)C(=O)O. The highest BCUT2D eigenvalue weighted by Crippen LogP contribution is 2.07. The monoisotopic (exact) mass is 228 g/mol. The van der Waals surface area contributed by atoms with E-state index in [1.165, 1.54) is 19.3 Å². The topological polar surface area (TPSA) is 74.6 Å². The zero-order valence-electron chi connectivity index (χ0n) is 9.69. The van der Waals surface area contributed by atoms with E-state index < -0.39 is 17.9 Å². The second kappa shape index (κ2) is 8.95. The van der Waals surface area contributed by atoms with Crippen LogP contribution in [-0.2, 0) is 9.59 Å². The van der Waals surface area contributed by atoms with Crippen molar-refractivity contribution in [3.8, 4) is 0 Å². The van der Waals surface area contributed by atoms with Crippen LogP contribution in [-0.4, -0.2) is 22.2 Å². The van der Waals surface area contributed by atoms with E-state index in [0.29, 0.717) is 0 Å². The van der Waals surface area contributed by atoms with Gasteiger partial charge < -0.3 is 10.2 Å². The van der Waals surface area contributed by atoms with Gasteiger partial charge in [-0.25, -0.2) is 0 Å². The zero-order valence-corrected chi connectivity index (χ0v) is 9.69. The molecular weight excluding hydrogens is 208 g/mol. The van der Waals surface area contributed by atoms with Crippen molar-refractivity contribution in [1.29, 1.82) is 0 Å². The molecule has 0 aromatic heterocycles.